The summed E-state index contributed by atoms with van der Waals surface area (Å²) in [4.78, 5) is 57.6. The summed E-state index contributed by atoms with van der Waals surface area (Å²) in [5.41, 5.74) is 9.61. The van der Waals surface area contributed by atoms with Crippen LogP contribution >= 0.6 is 0 Å². The van der Waals surface area contributed by atoms with E-state index >= 15 is 8.78 Å². The van der Waals surface area contributed by atoms with E-state index in [-0.39, 0.29) is 57.9 Å². The number of anilines is 1. The van der Waals surface area contributed by atoms with Crippen molar-refractivity contribution in [2.45, 2.75) is 83.2 Å². The fourth-order valence-electron chi connectivity index (χ4n) is 12.4. The average Bonchev–Trinajstić information content (AvgIpc) is 3.87. The Labute approximate surface area is 418 Å². The van der Waals surface area contributed by atoms with E-state index in [2.05, 4.69) is 39.5 Å². The number of aryl methyl sites for hydroxylation is 1. The predicted octanol–water partition coefficient (Wildman–Crippen LogP) is 8.41. The van der Waals surface area contributed by atoms with Crippen LogP contribution in [0.2, 0.25) is 0 Å². The van der Waals surface area contributed by atoms with Crippen LogP contribution in [-0.2, 0) is 22.2 Å². The Bertz CT molecular complexity index is 2990. The van der Waals surface area contributed by atoms with Gasteiger partial charge in [0.1, 0.15) is 11.6 Å². The molecule has 5 atom stereocenters. The highest BCUT2D eigenvalue weighted by Gasteiger charge is 2.50. The van der Waals surface area contributed by atoms with Gasteiger partial charge in [0.25, 0.3) is 0 Å². The Morgan fingerprint density at radius 2 is 1.74 bits per heavy atom. The van der Waals surface area contributed by atoms with E-state index in [4.69, 9.17) is 20.3 Å². The number of primary amides is 1. The first kappa shape index (κ1) is 48.8. The van der Waals surface area contributed by atoms with E-state index in [9.17, 15) is 19.2 Å². The van der Waals surface area contributed by atoms with Gasteiger partial charge >= 0.3 is 6.03 Å². The van der Waals surface area contributed by atoms with E-state index < -0.39 is 35.1 Å². The lowest BCUT2D eigenvalue weighted by Gasteiger charge is -2.42. The minimum atomic E-state index is -1.05. The minimum Gasteiger partial charge on any atom is -0.494 e. The normalized spacial score (nSPS) is 23.9. The minimum absolute atomic E-state index is 0.0871. The number of carbonyl (C=O) groups is 4. The van der Waals surface area contributed by atoms with Crippen LogP contribution < -0.4 is 30.7 Å². The Hall–Kier alpha value is -6.81. The maximum absolute atomic E-state index is 16.3. The fourth-order valence-corrected chi connectivity index (χ4v) is 12.4. The van der Waals surface area contributed by atoms with Crippen LogP contribution in [0, 0.1) is 36.3 Å². The lowest BCUT2D eigenvalue weighted by molar-refractivity contribution is -0.138. The highest BCUT2D eigenvalue weighted by Crippen LogP contribution is 2.56. The van der Waals surface area contributed by atoms with Crippen LogP contribution in [0.25, 0.3) is 22.0 Å². The molecule has 10 rings (SSSR count). The molecule has 0 radical (unpaired) electrons. The van der Waals surface area contributed by atoms with Crippen molar-refractivity contribution in [2.75, 3.05) is 57.8 Å². The van der Waals surface area contributed by atoms with Crippen molar-refractivity contribution in [3.05, 3.63) is 118 Å². The summed E-state index contributed by atoms with van der Waals surface area (Å²) in [6.45, 7) is 10.9. The van der Waals surface area contributed by atoms with Gasteiger partial charge in [-0.2, -0.15) is 5.10 Å². The number of nitrogens with zero attached hydrogens (tertiary/aromatic N) is 5. The molecule has 14 nitrogen and oxygen atoms in total. The molecule has 3 fully saturated rings. The van der Waals surface area contributed by atoms with Crippen LogP contribution in [0.3, 0.4) is 0 Å². The Morgan fingerprint density at radius 3 is 2.43 bits per heavy atom. The molecule has 3 saturated heterocycles. The van der Waals surface area contributed by atoms with Crippen LogP contribution in [0.4, 0.5) is 19.4 Å². The number of urea groups is 1. The number of fused-ring (bicyclic) bond motifs is 2. The molecular formula is C56H64F2N8O6. The number of likely N-dealkylation sites (tertiary alicyclic amines) is 2. The van der Waals surface area contributed by atoms with Crippen molar-refractivity contribution >= 4 is 40.5 Å². The fraction of sp³-hybridized carbons (Fsp3) is 0.446. The summed E-state index contributed by atoms with van der Waals surface area (Å²) in [5.74, 6) is -0.898. The average molecular weight is 983 g/mol. The molecule has 0 unspecified atom stereocenters. The molecule has 5 heterocycles. The molecule has 1 aromatic heterocycles. The molecule has 0 bridgehead atoms. The Kier molecular flexibility index (Phi) is 13.3. The first-order valence-electron chi connectivity index (χ1n) is 25.4. The van der Waals surface area contributed by atoms with Gasteiger partial charge in [0.2, 0.25) is 17.7 Å². The molecule has 5 aliphatic rings. The summed E-state index contributed by atoms with van der Waals surface area (Å²) in [6.07, 6.45) is 7.38. The smallest absolute Gasteiger partial charge is 0.329 e. The number of benzene rings is 4. The number of halogens is 2. The number of carbonyl (C=O) groups excluding carboxylic acids is 4. The van der Waals surface area contributed by atoms with Gasteiger partial charge in [-0.3, -0.25) is 29.3 Å². The number of piperidine rings is 2. The molecule has 5 aromatic rings. The molecule has 4 aliphatic heterocycles. The molecule has 72 heavy (non-hydrogen) atoms. The Morgan fingerprint density at radius 1 is 0.958 bits per heavy atom. The third-order valence-corrected chi connectivity index (χ3v) is 16.5. The molecule has 5 amide bonds. The number of aromatic nitrogens is 2. The zero-order valence-corrected chi connectivity index (χ0v) is 41.7. The van der Waals surface area contributed by atoms with E-state index in [0.717, 1.165) is 74.1 Å². The van der Waals surface area contributed by atoms with Gasteiger partial charge in [-0.25, -0.2) is 13.6 Å². The molecule has 378 valence electrons. The number of para-hydroxylation sites is 1. The number of hydrogen-bond acceptors (Lipinski definition) is 9. The lowest BCUT2D eigenvalue weighted by atomic mass is 9.76. The van der Waals surface area contributed by atoms with E-state index in [0.29, 0.717) is 61.5 Å². The quantitative estimate of drug-likeness (QED) is 0.111. The van der Waals surface area contributed by atoms with E-state index in [1.807, 2.05) is 61.1 Å². The van der Waals surface area contributed by atoms with Gasteiger partial charge < -0.3 is 30.3 Å². The number of amides is 5. The van der Waals surface area contributed by atoms with Crippen molar-refractivity contribution in [3.63, 3.8) is 0 Å². The van der Waals surface area contributed by atoms with Crippen molar-refractivity contribution in [2.24, 2.45) is 30.5 Å². The molecule has 0 spiro atoms. The highest BCUT2D eigenvalue weighted by atomic mass is 19.1. The topological polar surface area (TPSA) is 164 Å². The number of ether oxygens (including phenoxy) is 2. The number of methoxy groups -OCH3 is 1. The van der Waals surface area contributed by atoms with Gasteiger partial charge in [-0.05, 0) is 117 Å². The monoisotopic (exact) mass is 982 g/mol. The van der Waals surface area contributed by atoms with Crippen molar-refractivity contribution in [1.82, 2.24) is 30.2 Å². The molecular weight excluding hydrogens is 919 g/mol. The third kappa shape index (κ3) is 8.74. The number of imide groups is 1. The number of hydrogen-bond donors (Lipinski definition) is 3. The summed E-state index contributed by atoms with van der Waals surface area (Å²) >= 11 is 0. The molecule has 4 aromatic carbocycles. The number of rotatable bonds is 12. The lowest BCUT2D eigenvalue weighted by Crippen LogP contribution is -2.49. The first-order chi connectivity index (χ1) is 34.7. The second kappa shape index (κ2) is 19.7. The maximum Gasteiger partial charge on any atom is 0.329 e. The summed E-state index contributed by atoms with van der Waals surface area (Å²) in [7, 11) is 3.26. The van der Waals surface area contributed by atoms with Crippen molar-refractivity contribution in [1.29, 1.82) is 0 Å². The first-order valence-corrected chi connectivity index (χ1v) is 25.4. The molecule has 16 heteroatoms. The van der Waals surface area contributed by atoms with E-state index in [1.165, 1.54) is 30.9 Å². The van der Waals surface area contributed by atoms with Gasteiger partial charge in [-0.1, -0.05) is 62.4 Å². The maximum atomic E-state index is 16.3. The standard InChI is InChI=1S/C56H64F2N8O6/c1-32-29-65(26-22-37(32)30-64-24-20-35(21-25-64)40-12-9-13-42-51(40)63(4)62-53(42)66-27-23-46(67)61-55(66)70)54(69)36-14-16-39(17-15-36)60-31-56(38-10-7-6-8-11-38)34(3)48-45(72-56)28-43(57)33(2)47(48)49-41(52(59)68)18-19-44(71-5)50(49)58/h6-13,16,18-19,28,32,34-37,60H,14-15,17,20-27,29-31H2,1-5H3,(H2,59,68)(H,61,67,70)/t32-,34+,36+,37-,56+/m1/s1. The van der Waals surface area contributed by atoms with Crippen molar-refractivity contribution < 1.29 is 37.4 Å². The molecule has 4 N–H and O–H groups in total. The second-order valence-electron chi connectivity index (χ2n) is 20.6. The molecule has 0 saturated carbocycles. The van der Waals surface area contributed by atoms with Crippen LogP contribution in [-0.4, -0.2) is 96.3 Å². The summed E-state index contributed by atoms with van der Waals surface area (Å²) in [5, 5.41) is 11.8. The van der Waals surface area contributed by atoms with E-state index in [1.54, 1.807) is 11.8 Å². The SMILES string of the molecule is COc1ccc(C(N)=O)c(-c2c(C)c(F)cc3c2[C@H](C)[C@@](CNC2=CC[C@H](C(=O)N4CC[C@H](CN5CCC(c6cccc7c(N8CCC(=O)NC8=O)nn(C)c67)CC5)[C@H](C)C4)CC2)(c2ccccc2)O3)c1F. The summed E-state index contributed by atoms with van der Waals surface area (Å²) < 4.78 is 46.3. The summed E-state index contributed by atoms with van der Waals surface area (Å²) in [6, 6.07) is 19.6. The van der Waals surface area contributed by atoms with Gasteiger partial charge in [0.05, 0.1) is 24.7 Å². The van der Waals surface area contributed by atoms with Gasteiger partial charge in [0.15, 0.2) is 23.0 Å². The van der Waals surface area contributed by atoms with Crippen molar-refractivity contribution in [3.8, 4) is 22.6 Å². The van der Waals surface area contributed by atoms with Crippen LogP contribution in [0.15, 0.2) is 78.5 Å². The molecule has 1 aliphatic carbocycles. The third-order valence-electron chi connectivity index (χ3n) is 16.5. The number of nitrogens with two attached hydrogens (primary N) is 1. The Balaban J connectivity index is 0.763. The largest absolute Gasteiger partial charge is 0.494 e. The van der Waals surface area contributed by atoms with Crippen LogP contribution in [0.5, 0.6) is 11.5 Å². The second-order valence-corrected chi connectivity index (χ2v) is 20.6. The highest BCUT2D eigenvalue weighted by molar-refractivity contribution is 6.09. The van der Waals surface area contributed by atoms with Gasteiger partial charge in [0, 0.05) is 79.8 Å². The van der Waals surface area contributed by atoms with Crippen LogP contribution in [0.1, 0.15) is 103 Å². The van der Waals surface area contributed by atoms with Gasteiger partial charge in [-0.15, -0.1) is 0 Å². The predicted molar refractivity (Wildman–Crippen MR) is 271 cm³/mol. The number of nitrogens with one attached hydrogen (secondary N) is 2. The zero-order valence-electron chi connectivity index (χ0n) is 41.7. The zero-order chi connectivity index (χ0) is 50.6. The number of allylic oxidation sites excluding steroid dienone is 2.